The third-order valence-electron chi connectivity index (χ3n) is 4.31. The molecule has 2 rings (SSSR count). The zero-order chi connectivity index (χ0) is 20.7. The molecule has 0 atom stereocenters. The summed E-state index contributed by atoms with van der Waals surface area (Å²) in [7, 11) is 1.65. The highest BCUT2D eigenvalue weighted by atomic mass is 35.5. The standard InChI is InChI=1S/C20H26ClN3O3S/c1-23(2)18-10-6-16(7-11-18)5-4-14-22-20(25)15-24(3)28(26,27)19-12-8-17(21)9-13-19/h6-13H,4-5,14-15H2,1-3H3,(H,22,25). The molecule has 0 saturated carbocycles. The number of hydrogen-bond acceptors (Lipinski definition) is 4. The molecule has 152 valence electrons. The predicted molar refractivity (Wildman–Crippen MR) is 113 cm³/mol. The van der Waals surface area contributed by atoms with Crippen molar-refractivity contribution in [2.75, 3.05) is 39.1 Å². The fourth-order valence-corrected chi connectivity index (χ4v) is 3.86. The van der Waals surface area contributed by atoms with E-state index in [1.165, 1.54) is 36.9 Å². The molecule has 1 N–H and O–H groups in total. The van der Waals surface area contributed by atoms with E-state index in [0.29, 0.717) is 11.6 Å². The maximum Gasteiger partial charge on any atom is 0.243 e. The number of rotatable bonds is 9. The Balaban J connectivity index is 1.77. The van der Waals surface area contributed by atoms with Gasteiger partial charge >= 0.3 is 0 Å². The van der Waals surface area contributed by atoms with Crippen LogP contribution in [0.15, 0.2) is 53.4 Å². The summed E-state index contributed by atoms with van der Waals surface area (Å²) in [4.78, 5) is 14.2. The Labute approximate surface area is 172 Å². The number of carbonyl (C=O) groups excluding carboxylic acids is 1. The van der Waals surface area contributed by atoms with E-state index in [1.807, 2.05) is 19.0 Å². The van der Waals surface area contributed by atoms with Crippen LogP contribution >= 0.6 is 11.6 Å². The molecule has 0 aliphatic rings. The van der Waals surface area contributed by atoms with Crippen molar-refractivity contribution in [3.63, 3.8) is 0 Å². The molecule has 1 amide bonds. The SMILES string of the molecule is CN(C)c1ccc(CCCNC(=O)CN(C)S(=O)(=O)c2ccc(Cl)cc2)cc1. The van der Waals surface area contributed by atoms with Crippen LogP contribution in [0.25, 0.3) is 0 Å². The monoisotopic (exact) mass is 423 g/mol. The predicted octanol–water partition coefficient (Wildman–Crippen LogP) is 2.78. The Morgan fingerprint density at radius 3 is 2.18 bits per heavy atom. The molecule has 0 saturated heterocycles. The van der Waals surface area contributed by atoms with Crippen LogP contribution in [-0.4, -0.2) is 52.9 Å². The van der Waals surface area contributed by atoms with Gasteiger partial charge in [0.25, 0.3) is 0 Å². The van der Waals surface area contributed by atoms with Crippen molar-refractivity contribution in [1.82, 2.24) is 9.62 Å². The molecule has 0 bridgehead atoms. The van der Waals surface area contributed by atoms with Crippen molar-refractivity contribution < 1.29 is 13.2 Å². The van der Waals surface area contributed by atoms with Crippen LogP contribution in [0.1, 0.15) is 12.0 Å². The lowest BCUT2D eigenvalue weighted by molar-refractivity contribution is -0.121. The maximum atomic E-state index is 12.5. The van der Waals surface area contributed by atoms with Crippen LogP contribution < -0.4 is 10.2 Å². The molecule has 8 heteroatoms. The van der Waals surface area contributed by atoms with Gasteiger partial charge < -0.3 is 10.2 Å². The highest BCUT2D eigenvalue weighted by Gasteiger charge is 2.22. The molecule has 0 aliphatic heterocycles. The number of amides is 1. The van der Waals surface area contributed by atoms with Crippen molar-refractivity contribution in [2.45, 2.75) is 17.7 Å². The van der Waals surface area contributed by atoms with Gasteiger partial charge in [0.1, 0.15) is 0 Å². The van der Waals surface area contributed by atoms with Gasteiger partial charge in [-0.25, -0.2) is 8.42 Å². The number of hydrogen-bond donors (Lipinski definition) is 1. The summed E-state index contributed by atoms with van der Waals surface area (Å²) < 4.78 is 26.0. The zero-order valence-electron chi connectivity index (χ0n) is 16.4. The van der Waals surface area contributed by atoms with E-state index in [1.54, 1.807) is 0 Å². The largest absolute Gasteiger partial charge is 0.378 e. The average molecular weight is 424 g/mol. The average Bonchev–Trinajstić information content (AvgIpc) is 2.66. The van der Waals surface area contributed by atoms with Gasteiger partial charge in [-0.2, -0.15) is 4.31 Å². The molecule has 2 aromatic rings. The van der Waals surface area contributed by atoms with E-state index in [4.69, 9.17) is 11.6 Å². The number of nitrogens with one attached hydrogen (secondary N) is 1. The minimum atomic E-state index is -3.73. The third-order valence-corrected chi connectivity index (χ3v) is 6.37. The van der Waals surface area contributed by atoms with Crippen LogP contribution in [0.2, 0.25) is 5.02 Å². The summed E-state index contributed by atoms with van der Waals surface area (Å²) in [5, 5.41) is 3.23. The van der Waals surface area contributed by atoms with Crippen LogP contribution in [-0.2, 0) is 21.2 Å². The Morgan fingerprint density at radius 2 is 1.61 bits per heavy atom. The molecule has 0 radical (unpaired) electrons. The lowest BCUT2D eigenvalue weighted by Gasteiger charge is -2.17. The second-order valence-electron chi connectivity index (χ2n) is 6.73. The summed E-state index contributed by atoms with van der Waals surface area (Å²) in [5.41, 5.74) is 2.34. The number of nitrogens with zero attached hydrogens (tertiary/aromatic N) is 2. The third kappa shape index (κ3) is 6.22. The van der Waals surface area contributed by atoms with E-state index in [9.17, 15) is 13.2 Å². The van der Waals surface area contributed by atoms with Crippen molar-refractivity contribution in [2.24, 2.45) is 0 Å². The van der Waals surface area contributed by atoms with E-state index >= 15 is 0 Å². The lowest BCUT2D eigenvalue weighted by Crippen LogP contribution is -2.38. The van der Waals surface area contributed by atoms with Gasteiger partial charge in [-0.1, -0.05) is 23.7 Å². The lowest BCUT2D eigenvalue weighted by atomic mass is 10.1. The number of anilines is 1. The van der Waals surface area contributed by atoms with Gasteiger partial charge in [-0.3, -0.25) is 4.79 Å². The highest BCUT2D eigenvalue weighted by Crippen LogP contribution is 2.17. The molecule has 2 aromatic carbocycles. The molecule has 0 unspecified atom stereocenters. The van der Waals surface area contributed by atoms with Gasteiger partial charge in [0, 0.05) is 38.4 Å². The smallest absolute Gasteiger partial charge is 0.243 e. The molecule has 28 heavy (non-hydrogen) atoms. The first-order chi connectivity index (χ1) is 13.2. The Hall–Kier alpha value is -2.09. The van der Waals surface area contributed by atoms with Gasteiger partial charge in [0.15, 0.2) is 0 Å². The van der Waals surface area contributed by atoms with Gasteiger partial charge in [0.2, 0.25) is 15.9 Å². The molecule has 0 heterocycles. The zero-order valence-corrected chi connectivity index (χ0v) is 17.9. The van der Waals surface area contributed by atoms with Crippen LogP contribution in [0.5, 0.6) is 0 Å². The quantitative estimate of drug-likeness (QED) is 0.629. The minimum Gasteiger partial charge on any atom is -0.378 e. The Bertz CT molecular complexity index is 882. The Morgan fingerprint density at radius 1 is 1.00 bits per heavy atom. The maximum absolute atomic E-state index is 12.5. The van der Waals surface area contributed by atoms with Crippen LogP contribution in [0.4, 0.5) is 5.69 Å². The van der Waals surface area contributed by atoms with Crippen molar-refractivity contribution in [1.29, 1.82) is 0 Å². The minimum absolute atomic E-state index is 0.105. The van der Waals surface area contributed by atoms with E-state index in [2.05, 4.69) is 29.6 Å². The summed E-state index contributed by atoms with van der Waals surface area (Å²) in [6, 6.07) is 14.1. The molecule has 0 aromatic heterocycles. The summed E-state index contributed by atoms with van der Waals surface area (Å²) in [6.45, 7) is 0.256. The topological polar surface area (TPSA) is 69.7 Å². The molecule has 0 spiro atoms. The van der Waals surface area contributed by atoms with E-state index < -0.39 is 10.0 Å². The van der Waals surface area contributed by atoms with Crippen molar-refractivity contribution in [3.8, 4) is 0 Å². The van der Waals surface area contributed by atoms with Gasteiger partial charge in [-0.05, 0) is 54.8 Å². The number of sulfonamides is 1. The second kappa shape index (κ2) is 9.91. The summed E-state index contributed by atoms with van der Waals surface area (Å²) in [6.07, 6.45) is 1.62. The van der Waals surface area contributed by atoms with Crippen molar-refractivity contribution >= 4 is 33.2 Å². The molecular weight excluding hydrogens is 398 g/mol. The van der Waals surface area contributed by atoms with Crippen molar-refractivity contribution in [3.05, 3.63) is 59.1 Å². The van der Waals surface area contributed by atoms with Crippen LogP contribution in [0.3, 0.4) is 0 Å². The highest BCUT2D eigenvalue weighted by molar-refractivity contribution is 7.89. The molecule has 0 aliphatic carbocycles. The van der Waals surface area contributed by atoms with Gasteiger partial charge in [-0.15, -0.1) is 0 Å². The second-order valence-corrected chi connectivity index (χ2v) is 9.21. The number of benzene rings is 2. The number of carbonyl (C=O) groups is 1. The Kier molecular flexibility index (Phi) is 7.86. The fourth-order valence-electron chi connectivity index (χ4n) is 2.61. The molecular formula is C20H26ClN3O3S. The number of aryl methyl sites for hydroxylation is 1. The molecule has 0 fully saturated rings. The first kappa shape index (κ1) is 22.2. The molecule has 6 nitrogen and oxygen atoms in total. The summed E-state index contributed by atoms with van der Waals surface area (Å²) in [5.74, 6) is -0.331. The first-order valence-corrected chi connectivity index (χ1v) is 10.8. The van der Waals surface area contributed by atoms with E-state index in [-0.39, 0.29) is 17.3 Å². The summed E-state index contributed by atoms with van der Waals surface area (Å²) >= 11 is 5.79. The van der Waals surface area contributed by atoms with Gasteiger partial charge in [0.05, 0.1) is 11.4 Å². The first-order valence-electron chi connectivity index (χ1n) is 8.95. The normalized spacial score (nSPS) is 11.5. The van der Waals surface area contributed by atoms with E-state index in [0.717, 1.165) is 22.8 Å². The number of likely N-dealkylation sites (N-methyl/N-ethyl adjacent to an activating group) is 1. The van der Waals surface area contributed by atoms with Crippen LogP contribution in [0, 0.1) is 0 Å². The number of halogens is 1. The fraction of sp³-hybridized carbons (Fsp3) is 0.350.